The van der Waals surface area contributed by atoms with Crippen molar-refractivity contribution in [2.75, 3.05) is 0 Å². The van der Waals surface area contributed by atoms with Crippen molar-refractivity contribution < 1.29 is 14.3 Å². The molecule has 0 bridgehead atoms. The highest BCUT2D eigenvalue weighted by atomic mass is 79.9. The first kappa shape index (κ1) is 11.3. The van der Waals surface area contributed by atoms with Crippen LogP contribution in [0.5, 0.6) is 11.5 Å². The molecule has 0 saturated carbocycles. The first-order valence-corrected chi connectivity index (χ1v) is 5.80. The highest BCUT2D eigenvalue weighted by molar-refractivity contribution is 9.10. The van der Waals surface area contributed by atoms with Gasteiger partial charge in [-0.1, -0.05) is 19.1 Å². The van der Waals surface area contributed by atoms with Crippen molar-refractivity contribution in [2.24, 2.45) is 5.73 Å². The largest absolute Gasteiger partial charge is 0.481 e. The number of halogens is 1. The number of benzene rings is 1. The Balaban J connectivity index is 2.42. The number of carbonyl (C=O) groups excluding carboxylic acids is 1. The minimum Gasteiger partial charge on any atom is -0.481 e. The first-order valence-electron chi connectivity index (χ1n) is 5.01. The maximum absolute atomic E-state index is 11.4. The van der Waals surface area contributed by atoms with Crippen LogP contribution in [0.2, 0.25) is 0 Å². The Labute approximate surface area is 102 Å². The summed E-state index contributed by atoms with van der Waals surface area (Å²) in [4.78, 5) is 11.4. The number of para-hydroxylation sites is 2. The van der Waals surface area contributed by atoms with Gasteiger partial charge in [0.15, 0.2) is 17.6 Å². The van der Waals surface area contributed by atoms with E-state index in [0.717, 1.165) is 0 Å². The standard InChI is InChI=1S/C11H12BrNO3/c1-2-9-11(12,10(13)14)16-8-6-4-3-5-7(8)15-9/h3-6,9H,2H2,1H3,(H2,13,14). The molecule has 2 atom stereocenters. The molecule has 0 aliphatic carbocycles. The number of fused-ring (bicyclic) bond motifs is 1. The summed E-state index contributed by atoms with van der Waals surface area (Å²) in [5.41, 5.74) is 5.33. The normalized spacial score (nSPS) is 27.5. The third-order valence-electron chi connectivity index (χ3n) is 2.50. The number of primary amides is 1. The molecular weight excluding hydrogens is 274 g/mol. The predicted octanol–water partition coefficient (Wildman–Crippen LogP) is 1.81. The van der Waals surface area contributed by atoms with Crippen LogP contribution in [0.25, 0.3) is 0 Å². The van der Waals surface area contributed by atoms with E-state index < -0.39 is 16.5 Å². The lowest BCUT2D eigenvalue weighted by Gasteiger charge is -2.37. The van der Waals surface area contributed by atoms with Crippen molar-refractivity contribution in [3.8, 4) is 11.5 Å². The molecule has 16 heavy (non-hydrogen) atoms. The van der Waals surface area contributed by atoms with Crippen LogP contribution in [-0.4, -0.2) is 16.5 Å². The maximum Gasteiger partial charge on any atom is 0.276 e. The van der Waals surface area contributed by atoms with Gasteiger partial charge in [-0.25, -0.2) is 0 Å². The van der Waals surface area contributed by atoms with Gasteiger partial charge >= 0.3 is 0 Å². The van der Waals surface area contributed by atoms with Crippen LogP contribution >= 0.6 is 15.9 Å². The van der Waals surface area contributed by atoms with Gasteiger partial charge in [0, 0.05) is 0 Å². The molecule has 2 unspecified atom stereocenters. The van der Waals surface area contributed by atoms with Crippen LogP contribution in [0.1, 0.15) is 13.3 Å². The van der Waals surface area contributed by atoms with Crippen LogP contribution < -0.4 is 15.2 Å². The molecule has 0 saturated heterocycles. The molecule has 1 aromatic rings. The fraction of sp³-hybridized carbons (Fsp3) is 0.364. The van der Waals surface area contributed by atoms with E-state index >= 15 is 0 Å². The van der Waals surface area contributed by atoms with Gasteiger partial charge in [-0.2, -0.15) is 0 Å². The number of nitrogens with two attached hydrogens (primary N) is 1. The number of carbonyl (C=O) groups is 1. The maximum atomic E-state index is 11.4. The SMILES string of the molecule is CCC1Oc2ccccc2OC1(Br)C(N)=O. The van der Waals surface area contributed by atoms with Gasteiger partial charge in [-0.15, -0.1) is 0 Å². The molecule has 0 radical (unpaired) electrons. The predicted molar refractivity (Wildman–Crippen MR) is 62.6 cm³/mol. The van der Waals surface area contributed by atoms with Gasteiger partial charge in [0.2, 0.25) is 0 Å². The fourth-order valence-corrected chi connectivity index (χ4v) is 2.23. The van der Waals surface area contributed by atoms with Crippen LogP contribution in [0, 0.1) is 0 Å². The molecule has 0 aromatic heterocycles. The number of hydrogen-bond acceptors (Lipinski definition) is 3. The summed E-state index contributed by atoms with van der Waals surface area (Å²) in [6.45, 7) is 1.90. The molecular formula is C11H12BrNO3. The molecule has 4 nitrogen and oxygen atoms in total. The van der Waals surface area contributed by atoms with Crippen molar-refractivity contribution in [2.45, 2.75) is 24.0 Å². The molecule has 2 N–H and O–H groups in total. The molecule has 1 amide bonds. The van der Waals surface area contributed by atoms with E-state index in [4.69, 9.17) is 15.2 Å². The Hall–Kier alpha value is -1.23. The van der Waals surface area contributed by atoms with Crippen molar-refractivity contribution in [1.29, 1.82) is 0 Å². The highest BCUT2D eigenvalue weighted by Crippen LogP contribution is 2.41. The minimum absolute atomic E-state index is 0.431. The van der Waals surface area contributed by atoms with Crippen LogP contribution in [0.15, 0.2) is 24.3 Å². The molecule has 2 rings (SSSR count). The van der Waals surface area contributed by atoms with E-state index in [0.29, 0.717) is 17.9 Å². The summed E-state index contributed by atoms with van der Waals surface area (Å²) < 4.78 is 10.0. The lowest BCUT2D eigenvalue weighted by molar-refractivity contribution is -0.133. The summed E-state index contributed by atoms with van der Waals surface area (Å²) in [6.07, 6.45) is 0.183. The van der Waals surface area contributed by atoms with Crippen LogP contribution in [0.4, 0.5) is 0 Å². The zero-order valence-electron chi connectivity index (χ0n) is 8.77. The number of alkyl halides is 1. The second kappa shape index (κ2) is 3.97. The second-order valence-corrected chi connectivity index (χ2v) is 4.75. The average Bonchev–Trinajstić information content (AvgIpc) is 2.27. The number of ether oxygens (including phenoxy) is 2. The molecule has 1 heterocycles. The van der Waals surface area contributed by atoms with Crippen molar-refractivity contribution in [3.63, 3.8) is 0 Å². The Morgan fingerprint density at radius 1 is 1.50 bits per heavy atom. The first-order chi connectivity index (χ1) is 7.58. The minimum atomic E-state index is -1.28. The third-order valence-corrected chi connectivity index (χ3v) is 3.56. The smallest absolute Gasteiger partial charge is 0.276 e. The van der Waals surface area contributed by atoms with Gasteiger partial charge in [0.05, 0.1) is 0 Å². The van der Waals surface area contributed by atoms with E-state index in [1.54, 1.807) is 12.1 Å². The lowest BCUT2D eigenvalue weighted by Crippen LogP contribution is -2.56. The topological polar surface area (TPSA) is 61.6 Å². The Morgan fingerprint density at radius 3 is 2.69 bits per heavy atom. The molecule has 86 valence electrons. The summed E-state index contributed by atoms with van der Waals surface area (Å²) in [6, 6.07) is 7.19. The quantitative estimate of drug-likeness (QED) is 0.843. The van der Waals surface area contributed by atoms with Gasteiger partial charge in [0.1, 0.15) is 0 Å². The Kier molecular flexibility index (Phi) is 2.80. The lowest BCUT2D eigenvalue weighted by atomic mass is 10.1. The Morgan fingerprint density at radius 2 is 2.12 bits per heavy atom. The summed E-state index contributed by atoms with van der Waals surface area (Å²) in [5, 5.41) is 0. The van der Waals surface area contributed by atoms with Crippen LogP contribution in [-0.2, 0) is 4.79 Å². The molecule has 0 spiro atoms. The molecule has 1 aromatic carbocycles. The number of amides is 1. The van der Waals surface area contributed by atoms with Crippen molar-refractivity contribution in [1.82, 2.24) is 0 Å². The molecule has 1 aliphatic rings. The highest BCUT2D eigenvalue weighted by Gasteiger charge is 2.49. The van der Waals surface area contributed by atoms with Gasteiger partial charge in [0.25, 0.3) is 10.4 Å². The summed E-state index contributed by atoms with van der Waals surface area (Å²) >= 11 is 3.23. The van der Waals surface area contributed by atoms with E-state index in [9.17, 15) is 4.79 Å². The summed E-state index contributed by atoms with van der Waals surface area (Å²) in [7, 11) is 0. The average molecular weight is 286 g/mol. The number of rotatable bonds is 2. The summed E-state index contributed by atoms with van der Waals surface area (Å²) in [5.74, 6) is 0.558. The van der Waals surface area contributed by atoms with Gasteiger partial charge in [-0.05, 0) is 34.5 Å². The van der Waals surface area contributed by atoms with E-state index in [-0.39, 0.29) is 0 Å². The third kappa shape index (κ3) is 1.65. The van der Waals surface area contributed by atoms with Crippen LogP contribution in [0.3, 0.4) is 0 Å². The zero-order chi connectivity index (χ0) is 11.8. The molecule has 0 fully saturated rings. The van der Waals surface area contributed by atoms with Gasteiger partial charge < -0.3 is 15.2 Å². The second-order valence-electron chi connectivity index (χ2n) is 3.57. The van der Waals surface area contributed by atoms with Crippen molar-refractivity contribution in [3.05, 3.63) is 24.3 Å². The van der Waals surface area contributed by atoms with E-state index in [2.05, 4.69) is 15.9 Å². The van der Waals surface area contributed by atoms with Gasteiger partial charge in [-0.3, -0.25) is 4.79 Å². The number of hydrogen-bond donors (Lipinski definition) is 1. The zero-order valence-corrected chi connectivity index (χ0v) is 10.4. The van der Waals surface area contributed by atoms with Crippen molar-refractivity contribution >= 4 is 21.8 Å². The fourth-order valence-electron chi connectivity index (χ4n) is 1.64. The van der Waals surface area contributed by atoms with E-state index in [1.807, 2.05) is 19.1 Å². The monoisotopic (exact) mass is 285 g/mol. The Bertz CT molecular complexity index is 423. The molecule has 5 heteroatoms. The molecule has 1 aliphatic heterocycles. The van der Waals surface area contributed by atoms with E-state index in [1.165, 1.54) is 0 Å².